The van der Waals surface area contributed by atoms with Crippen molar-refractivity contribution in [3.8, 4) is 10.7 Å². The molecule has 0 saturated heterocycles. The molecular weight excluding hydrogens is 314 g/mol. The van der Waals surface area contributed by atoms with Gasteiger partial charge in [-0.1, -0.05) is 0 Å². The van der Waals surface area contributed by atoms with Crippen molar-refractivity contribution in [2.45, 2.75) is 5.16 Å². The molecule has 0 aliphatic rings. The summed E-state index contributed by atoms with van der Waals surface area (Å²) in [5.74, 6) is 0.502. The molecule has 0 amide bonds. The lowest BCUT2D eigenvalue weighted by Crippen LogP contribution is -2.02. The molecule has 0 radical (unpaired) electrons. The lowest BCUT2D eigenvalue weighted by Gasteiger charge is -1.98. The monoisotopic (exact) mass is 319 g/mol. The van der Waals surface area contributed by atoms with Crippen LogP contribution in [0.3, 0.4) is 0 Å². The fraction of sp³-hybridized carbons (Fsp3) is 0.111. The van der Waals surface area contributed by atoms with Crippen LogP contribution in [0.15, 0.2) is 22.7 Å². The first-order valence-corrected chi connectivity index (χ1v) is 8.79. The second-order valence-corrected chi connectivity index (χ2v) is 8.05. The Balaban J connectivity index is 2.19. The third kappa shape index (κ3) is 1.85. The highest BCUT2D eigenvalue weighted by Crippen LogP contribution is 2.35. The van der Waals surface area contributed by atoms with Gasteiger partial charge in [-0.3, -0.25) is 4.57 Å². The lowest BCUT2D eigenvalue weighted by molar-refractivity contribution is 0.593. The van der Waals surface area contributed by atoms with Crippen molar-refractivity contribution >= 4 is 51.8 Å². The van der Waals surface area contributed by atoms with Crippen LogP contribution in [0.4, 0.5) is 0 Å². The molecule has 0 aliphatic heterocycles. The number of halogens is 1. The average molecular weight is 320 g/mol. The van der Waals surface area contributed by atoms with Gasteiger partial charge in [0.05, 0.1) is 4.88 Å². The highest BCUT2D eigenvalue weighted by molar-refractivity contribution is 8.13. The van der Waals surface area contributed by atoms with E-state index in [4.69, 9.17) is 10.7 Å². The molecule has 3 aromatic rings. The predicted octanol–water partition coefficient (Wildman–Crippen LogP) is 2.69. The van der Waals surface area contributed by atoms with E-state index in [9.17, 15) is 8.42 Å². The molecule has 0 spiro atoms. The van der Waals surface area contributed by atoms with Crippen LogP contribution in [0.1, 0.15) is 0 Å². The Kier molecular flexibility index (Phi) is 2.70. The fourth-order valence-corrected chi connectivity index (χ4v) is 4.70. The van der Waals surface area contributed by atoms with Crippen molar-refractivity contribution in [1.82, 2.24) is 14.8 Å². The fourth-order valence-electron chi connectivity index (χ4n) is 1.62. The minimum Gasteiger partial charge on any atom is -0.299 e. The summed E-state index contributed by atoms with van der Waals surface area (Å²) >= 11 is 3.17. The van der Waals surface area contributed by atoms with Gasteiger partial charge in [0.25, 0.3) is 14.2 Å². The second kappa shape index (κ2) is 4.02. The van der Waals surface area contributed by atoms with E-state index in [1.54, 1.807) is 29.7 Å². The number of nitrogens with zero attached hydrogens (tertiary/aromatic N) is 3. The summed E-state index contributed by atoms with van der Waals surface area (Å²) in [5.41, 5.74) is 0. The molecule has 0 aromatic carbocycles. The van der Waals surface area contributed by atoms with E-state index in [0.717, 1.165) is 14.3 Å². The van der Waals surface area contributed by atoms with Crippen LogP contribution < -0.4 is 0 Å². The van der Waals surface area contributed by atoms with Crippen LogP contribution >= 0.6 is 33.4 Å². The quantitative estimate of drug-likeness (QED) is 0.681. The molecule has 0 atom stereocenters. The molecule has 0 aliphatic carbocycles. The summed E-state index contributed by atoms with van der Waals surface area (Å²) in [6.45, 7) is 0. The summed E-state index contributed by atoms with van der Waals surface area (Å²) in [6, 6.07) is 3.99. The Bertz CT molecular complexity index is 802. The Morgan fingerprint density at radius 3 is 2.72 bits per heavy atom. The number of thiophene rings is 2. The molecule has 9 heteroatoms. The maximum atomic E-state index is 11.3. The van der Waals surface area contributed by atoms with Gasteiger partial charge in [0.15, 0.2) is 5.82 Å². The van der Waals surface area contributed by atoms with E-state index in [-0.39, 0.29) is 5.16 Å². The van der Waals surface area contributed by atoms with E-state index in [2.05, 4.69) is 10.2 Å². The van der Waals surface area contributed by atoms with Crippen LogP contribution in [-0.4, -0.2) is 23.2 Å². The van der Waals surface area contributed by atoms with Gasteiger partial charge in [0, 0.05) is 27.1 Å². The van der Waals surface area contributed by atoms with Crippen LogP contribution in [-0.2, 0) is 16.1 Å². The zero-order valence-electron chi connectivity index (χ0n) is 8.99. The minimum absolute atomic E-state index is 0.240. The average Bonchev–Trinajstić information content (AvgIpc) is 2.87. The number of hydrogen-bond donors (Lipinski definition) is 0. The Morgan fingerprint density at radius 1 is 1.33 bits per heavy atom. The first-order chi connectivity index (χ1) is 8.47. The number of rotatable bonds is 2. The zero-order valence-corrected chi connectivity index (χ0v) is 12.2. The van der Waals surface area contributed by atoms with Gasteiger partial charge in [-0.15, -0.1) is 32.9 Å². The highest BCUT2D eigenvalue weighted by Gasteiger charge is 2.22. The van der Waals surface area contributed by atoms with Gasteiger partial charge < -0.3 is 0 Å². The van der Waals surface area contributed by atoms with E-state index in [1.807, 2.05) is 17.5 Å². The smallest absolute Gasteiger partial charge is 0.296 e. The normalized spacial score (nSPS) is 12.3. The molecule has 18 heavy (non-hydrogen) atoms. The van der Waals surface area contributed by atoms with Crippen LogP contribution in [0, 0.1) is 0 Å². The molecule has 94 valence electrons. The summed E-state index contributed by atoms with van der Waals surface area (Å²) in [7, 11) is 2.99. The molecule has 3 aromatic heterocycles. The molecule has 0 fully saturated rings. The Morgan fingerprint density at radius 2 is 2.11 bits per heavy atom. The van der Waals surface area contributed by atoms with Crippen molar-refractivity contribution in [2.75, 3.05) is 0 Å². The SMILES string of the molecule is Cn1c(-c2cc3sccc3s2)nnc1S(=O)(=O)Cl. The van der Waals surface area contributed by atoms with E-state index < -0.39 is 9.05 Å². The number of hydrogen-bond acceptors (Lipinski definition) is 6. The van der Waals surface area contributed by atoms with Crippen molar-refractivity contribution in [1.29, 1.82) is 0 Å². The predicted molar refractivity (Wildman–Crippen MR) is 72.7 cm³/mol. The molecule has 3 heterocycles. The highest BCUT2D eigenvalue weighted by atomic mass is 35.7. The summed E-state index contributed by atoms with van der Waals surface area (Å²) in [4.78, 5) is 0.874. The van der Waals surface area contributed by atoms with Crippen LogP contribution in [0.25, 0.3) is 20.1 Å². The van der Waals surface area contributed by atoms with E-state index in [0.29, 0.717) is 5.82 Å². The van der Waals surface area contributed by atoms with Crippen molar-refractivity contribution in [3.05, 3.63) is 17.5 Å². The van der Waals surface area contributed by atoms with Gasteiger partial charge in [0.2, 0.25) is 0 Å². The molecule has 0 unspecified atom stereocenters. The largest absolute Gasteiger partial charge is 0.299 e. The van der Waals surface area contributed by atoms with Crippen LogP contribution in [0.5, 0.6) is 0 Å². The molecular formula is C9H6ClN3O2S3. The summed E-state index contributed by atoms with van der Waals surface area (Å²) in [6.07, 6.45) is 0. The lowest BCUT2D eigenvalue weighted by atomic mass is 10.4. The first kappa shape index (κ1) is 12.1. The summed E-state index contributed by atoms with van der Waals surface area (Å²) in [5, 5.41) is 9.28. The van der Waals surface area contributed by atoms with Crippen LogP contribution in [0.2, 0.25) is 0 Å². The molecule has 0 bridgehead atoms. The maximum Gasteiger partial charge on any atom is 0.296 e. The number of aromatic nitrogens is 3. The van der Waals surface area contributed by atoms with Crippen molar-refractivity contribution in [2.24, 2.45) is 7.05 Å². The second-order valence-electron chi connectivity index (χ2n) is 3.56. The van der Waals surface area contributed by atoms with Crippen molar-refractivity contribution < 1.29 is 8.42 Å². The van der Waals surface area contributed by atoms with Gasteiger partial charge in [-0.05, 0) is 17.5 Å². The van der Waals surface area contributed by atoms with Gasteiger partial charge >= 0.3 is 0 Å². The molecule has 0 N–H and O–H groups in total. The van der Waals surface area contributed by atoms with E-state index in [1.165, 1.54) is 4.57 Å². The molecule has 0 saturated carbocycles. The van der Waals surface area contributed by atoms with Gasteiger partial charge in [-0.2, -0.15) is 0 Å². The van der Waals surface area contributed by atoms with Crippen molar-refractivity contribution in [3.63, 3.8) is 0 Å². The molecule has 3 rings (SSSR count). The number of fused-ring (bicyclic) bond motifs is 1. The maximum absolute atomic E-state index is 11.3. The Hall–Kier alpha value is -0.960. The zero-order chi connectivity index (χ0) is 12.9. The third-order valence-corrected chi connectivity index (χ3v) is 5.71. The first-order valence-electron chi connectivity index (χ1n) is 4.78. The van der Waals surface area contributed by atoms with E-state index >= 15 is 0 Å². The van der Waals surface area contributed by atoms with Gasteiger partial charge in [-0.25, -0.2) is 8.42 Å². The topological polar surface area (TPSA) is 64.8 Å². The molecule has 5 nitrogen and oxygen atoms in total. The Labute approximate surface area is 115 Å². The third-order valence-electron chi connectivity index (χ3n) is 2.41. The summed E-state index contributed by atoms with van der Waals surface area (Å²) < 4.78 is 26.2. The minimum atomic E-state index is -3.87. The standard InChI is InChI=1S/C9H6ClN3O2S3/c1-13-8(11-12-9(13)18(10,14)15)7-4-6-5(17-7)2-3-16-6/h2-4H,1H3. The van der Waals surface area contributed by atoms with Gasteiger partial charge in [0.1, 0.15) is 0 Å².